The Bertz CT molecular complexity index is 644. The van der Waals surface area contributed by atoms with Gasteiger partial charge in [-0.1, -0.05) is 11.6 Å². The summed E-state index contributed by atoms with van der Waals surface area (Å²) >= 11 is 5.75. The van der Waals surface area contributed by atoms with Crippen molar-refractivity contribution < 1.29 is 24.0 Å². The maximum atomic E-state index is 12.2. The Kier molecular flexibility index (Phi) is 6.04. The van der Waals surface area contributed by atoms with Crippen molar-refractivity contribution in [3.63, 3.8) is 0 Å². The molecule has 2 rings (SSSR count). The number of halogens is 1. The molecule has 0 aliphatic heterocycles. The summed E-state index contributed by atoms with van der Waals surface area (Å²) in [5, 5.41) is 11.3. The first-order valence-electron chi connectivity index (χ1n) is 7.46. The minimum atomic E-state index is -1.18. The van der Waals surface area contributed by atoms with Crippen molar-refractivity contribution in [1.29, 1.82) is 0 Å². The normalized spacial score (nSPS) is 22.5. The standard InChI is InChI=1S/C16H18ClNO6/c1-9(23-2)11-5-14(19)16(15(20)6-11)24-8-10-3-4-12(17)7-13(10)18(21)22/h3-4,7,9,11,16H,5-6,8H2,1-2H3. The van der Waals surface area contributed by atoms with Gasteiger partial charge in [-0.25, -0.2) is 0 Å². The van der Waals surface area contributed by atoms with Gasteiger partial charge < -0.3 is 9.47 Å². The Morgan fingerprint density at radius 2 is 1.96 bits per heavy atom. The molecule has 0 radical (unpaired) electrons. The van der Waals surface area contributed by atoms with E-state index in [1.165, 1.54) is 25.3 Å². The number of carbonyl (C=O) groups excluding carboxylic acids is 2. The maximum absolute atomic E-state index is 12.2. The molecule has 0 aromatic heterocycles. The molecule has 1 unspecified atom stereocenters. The van der Waals surface area contributed by atoms with Crippen LogP contribution in [-0.2, 0) is 25.7 Å². The number of methoxy groups -OCH3 is 1. The average Bonchev–Trinajstić information content (AvgIpc) is 2.54. The van der Waals surface area contributed by atoms with Crippen LogP contribution in [0.2, 0.25) is 5.02 Å². The number of ether oxygens (including phenoxy) is 2. The van der Waals surface area contributed by atoms with Crippen molar-refractivity contribution in [3.8, 4) is 0 Å². The molecule has 130 valence electrons. The largest absolute Gasteiger partial charge is 0.381 e. The summed E-state index contributed by atoms with van der Waals surface area (Å²) in [6.45, 7) is 1.60. The summed E-state index contributed by atoms with van der Waals surface area (Å²) < 4.78 is 10.6. The van der Waals surface area contributed by atoms with E-state index in [9.17, 15) is 19.7 Å². The zero-order valence-corrected chi connectivity index (χ0v) is 14.1. The molecule has 1 aliphatic carbocycles. The number of rotatable bonds is 6. The van der Waals surface area contributed by atoms with Crippen LogP contribution in [0.3, 0.4) is 0 Å². The van der Waals surface area contributed by atoms with Crippen molar-refractivity contribution in [2.75, 3.05) is 7.11 Å². The fraction of sp³-hybridized carbons (Fsp3) is 0.500. The lowest BCUT2D eigenvalue weighted by atomic mass is 9.82. The Hall–Kier alpha value is -1.83. The first-order chi connectivity index (χ1) is 11.3. The van der Waals surface area contributed by atoms with Gasteiger partial charge in [0.25, 0.3) is 5.69 Å². The summed E-state index contributed by atoms with van der Waals surface area (Å²) in [7, 11) is 1.53. The molecule has 1 aromatic carbocycles. The van der Waals surface area contributed by atoms with Gasteiger partial charge in [0.15, 0.2) is 17.7 Å². The number of Topliss-reactive ketones (excluding diaryl/α,β-unsaturated/α-hetero) is 2. The topological polar surface area (TPSA) is 95.7 Å². The van der Waals surface area contributed by atoms with Crippen LogP contribution in [0.4, 0.5) is 5.69 Å². The van der Waals surface area contributed by atoms with E-state index in [0.29, 0.717) is 0 Å². The lowest BCUT2D eigenvalue weighted by molar-refractivity contribution is -0.386. The van der Waals surface area contributed by atoms with Crippen molar-refractivity contribution >= 4 is 28.9 Å². The van der Waals surface area contributed by atoms with Gasteiger partial charge in [0.1, 0.15) is 0 Å². The highest BCUT2D eigenvalue weighted by molar-refractivity contribution is 6.30. The van der Waals surface area contributed by atoms with E-state index in [2.05, 4.69) is 0 Å². The van der Waals surface area contributed by atoms with Crippen LogP contribution in [0.15, 0.2) is 18.2 Å². The molecule has 1 saturated carbocycles. The van der Waals surface area contributed by atoms with Crippen molar-refractivity contribution in [2.45, 2.75) is 38.6 Å². The molecular weight excluding hydrogens is 338 g/mol. The van der Waals surface area contributed by atoms with E-state index in [1.807, 2.05) is 6.92 Å². The van der Waals surface area contributed by atoms with Crippen LogP contribution in [0.5, 0.6) is 0 Å². The summed E-state index contributed by atoms with van der Waals surface area (Å²) in [6.07, 6.45) is -1.00. The summed E-state index contributed by atoms with van der Waals surface area (Å²) in [5.41, 5.74) is 0.0569. The maximum Gasteiger partial charge on any atom is 0.276 e. The third-order valence-electron chi connectivity index (χ3n) is 4.20. The van der Waals surface area contributed by atoms with E-state index < -0.39 is 11.0 Å². The molecule has 1 atom stereocenters. The number of benzene rings is 1. The van der Waals surface area contributed by atoms with Crippen LogP contribution < -0.4 is 0 Å². The number of nitrogens with zero attached hydrogens (tertiary/aromatic N) is 1. The summed E-state index contributed by atoms with van der Waals surface area (Å²) in [6, 6.07) is 4.16. The van der Waals surface area contributed by atoms with Gasteiger partial charge in [0.2, 0.25) is 0 Å². The quantitative estimate of drug-likeness (QED) is 0.442. The Labute approximate surface area is 144 Å². The summed E-state index contributed by atoms with van der Waals surface area (Å²) in [5.74, 6) is -0.812. The van der Waals surface area contributed by atoms with Gasteiger partial charge in [-0.2, -0.15) is 0 Å². The molecule has 0 saturated heterocycles. The molecule has 0 spiro atoms. The summed E-state index contributed by atoms with van der Waals surface area (Å²) in [4.78, 5) is 34.8. The molecule has 24 heavy (non-hydrogen) atoms. The fourth-order valence-electron chi connectivity index (χ4n) is 2.70. The van der Waals surface area contributed by atoms with Crippen LogP contribution in [0, 0.1) is 16.0 Å². The Morgan fingerprint density at radius 3 is 2.50 bits per heavy atom. The van der Waals surface area contributed by atoms with Gasteiger partial charge in [-0.3, -0.25) is 19.7 Å². The highest BCUT2D eigenvalue weighted by atomic mass is 35.5. The first kappa shape index (κ1) is 18.5. The van der Waals surface area contributed by atoms with Crippen molar-refractivity contribution in [2.24, 2.45) is 5.92 Å². The first-order valence-corrected chi connectivity index (χ1v) is 7.84. The molecule has 0 amide bonds. The molecule has 1 fully saturated rings. The number of ketones is 2. The molecule has 0 bridgehead atoms. The van der Waals surface area contributed by atoms with Crippen LogP contribution in [-0.4, -0.2) is 35.8 Å². The van der Waals surface area contributed by atoms with Crippen LogP contribution >= 0.6 is 11.6 Å². The Balaban J connectivity index is 2.06. The smallest absolute Gasteiger partial charge is 0.276 e. The van der Waals surface area contributed by atoms with E-state index in [-0.39, 0.29) is 59.3 Å². The molecule has 1 aromatic rings. The van der Waals surface area contributed by atoms with E-state index in [4.69, 9.17) is 21.1 Å². The zero-order chi connectivity index (χ0) is 17.9. The van der Waals surface area contributed by atoms with E-state index in [1.54, 1.807) is 0 Å². The third-order valence-corrected chi connectivity index (χ3v) is 4.43. The predicted octanol–water partition coefficient (Wildman–Crippen LogP) is 2.72. The number of nitro groups is 1. The van der Waals surface area contributed by atoms with Gasteiger partial charge in [-0.15, -0.1) is 0 Å². The van der Waals surface area contributed by atoms with Gasteiger partial charge in [-0.05, 0) is 25.0 Å². The highest BCUT2D eigenvalue weighted by Gasteiger charge is 2.38. The fourth-order valence-corrected chi connectivity index (χ4v) is 2.86. The minimum absolute atomic E-state index is 0.167. The molecule has 0 heterocycles. The second-order valence-corrected chi connectivity index (χ2v) is 6.20. The molecule has 0 N–H and O–H groups in total. The number of carbonyl (C=O) groups is 2. The second kappa shape index (κ2) is 7.83. The van der Waals surface area contributed by atoms with Gasteiger partial charge in [0.05, 0.1) is 23.2 Å². The predicted molar refractivity (Wildman–Crippen MR) is 85.9 cm³/mol. The number of nitro benzene ring substituents is 1. The zero-order valence-electron chi connectivity index (χ0n) is 13.4. The van der Waals surface area contributed by atoms with E-state index >= 15 is 0 Å². The molecular formula is C16H18ClNO6. The number of hydrogen-bond donors (Lipinski definition) is 0. The van der Waals surface area contributed by atoms with Crippen LogP contribution in [0.25, 0.3) is 0 Å². The van der Waals surface area contributed by atoms with Gasteiger partial charge in [0, 0.05) is 31.0 Å². The van der Waals surface area contributed by atoms with E-state index in [0.717, 1.165) is 0 Å². The van der Waals surface area contributed by atoms with Crippen molar-refractivity contribution in [3.05, 3.63) is 38.9 Å². The van der Waals surface area contributed by atoms with Gasteiger partial charge >= 0.3 is 0 Å². The molecule has 7 nitrogen and oxygen atoms in total. The SMILES string of the molecule is COC(C)C1CC(=O)C(OCc2ccc(Cl)cc2[N+](=O)[O-])C(=O)C1. The highest BCUT2D eigenvalue weighted by Crippen LogP contribution is 2.28. The lowest BCUT2D eigenvalue weighted by Gasteiger charge is -2.29. The average molecular weight is 356 g/mol. The third kappa shape index (κ3) is 4.17. The number of hydrogen-bond acceptors (Lipinski definition) is 6. The lowest BCUT2D eigenvalue weighted by Crippen LogP contribution is -2.43. The van der Waals surface area contributed by atoms with Crippen molar-refractivity contribution in [1.82, 2.24) is 0 Å². The van der Waals surface area contributed by atoms with Crippen LogP contribution in [0.1, 0.15) is 25.3 Å². The Morgan fingerprint density at radius 1 is 1.33 bits per heavy atom. The molecule has 8 heteroatoms. The minimum Gasteiger partial charge on any atom is -0.381 e. The monoisotopic (exact) mass is 355 g/mol. The second-order valence-electron chi connectivity index (χ2n) is 5.76. The molecule has 1 aliphatic rings.